The van der Waals surface area contributed by atoms with E-state index in [0.717, 1.165) is 0 Å². The van der Waals surface area contributed by atoms with E-state index in [9.17, 15) is 31.5 Å². The minimum atomic E-state index is -2.40. The van der Waals surface area contributed by atoms with Crippen LogP contribution in [0.1, 0.15) is 30.1 Å². The molecule has 0 radical (unpaired) electrons. The summed E-state index contributed by atoms with van der Waals surface area (Å²) >= 11 is 0. The molecule has 0 aromatic heterocycles. The lowest BCUT2D eigenvalue weighted by Crippen LogP contribution is -2.41. The normalized spacial score (nSPS) is 12.1. The highest BCUT2D eigenvalue weighted by atomic mass is 19.2. The zero-order valence-corrected chi connectivity index (χ0v) is 10.6. The molecule has 1 unspecified atom stereocenters. The van der Waals surface area contributed by atoms with Crippen LogP contribution in [0.5, 0.6) is 0 Å². The van der Waals surface area contributed by atoms with Crippen molar-refractivity contribution < 1.29 is 36.6 Å². The summed E-state index contributed by atoms with van der Waals surface area (Å²) < 4.78 is 65.4. The quantitative estimate of drug-likeness (QED) is 0.498. The Morgan fingerprint density at radius 3 is 1.81 bits per heavy atom. The summed E-state index contributed by atoms with van der Waals surface area (Å²) in [5, 5.41) is 10.5. The second-order valence-electron chi connectivity index (χ2n) is 4.10. The molecule has 0 bridgehead atoms. The summed E-state index contributed by atoms with van der Waals surface area (Å²) in [5.74, 6) is -14.8. The van der Waals surface area contributed by atoms with E-state index in [2.05, 4.69) is 0 Å². The van der Waals surface area contributed by atoms with Crippen molar-refractivity contribution in [3.63, 3.8) is 0 Å². The van der Waals surface area contributed by atoms with Crippen molar-refractivity contribution in [2.24, 2.45) is 0 Å². The van der Waals surface area contributed by atoms with Crippen molar-refractivity contribution in [1.82, 2.24) is 5.32 Å². The monoisotopic (exact) mass is 311 g/mol. The molecule has 1 atom stereocenters. The minimum Gasteiger partial charge on any atom is -0.480 e. The van der Waals surface area contributed by atoms with E-state index in [1.165, 1.54) is 0 Å². The Hall–Kier alpha value is -2.19. The number of rotatable bonds is 5. The van der Waals surface area contributed by atoms with Gasteiger partial charge in [-0.2, -0.15) is 0 Å². The molecule has 9 heteroatoms. The topological polar surface area (TPSA) is 66.4 Å². The van der Waals surface area contributed by atoms with Crippen LogP contribution in [0.2, 0.25) is 0 Å². The van der Waals surface area contributed by atoms with Gasteiger partial charge in [-0.25, -0.2) is 26.7 Å². The number of nitrogens with one attached hydrogen (secondary N) is 1. The van der Waals surface area contributed by atoms with Crippen LogP contribution in [0, 0.1) is 29.1 Å². The maximum Gasteiger partial charge on any atom is 0.326 e. The standard InChI is InChI=1S/C12H10F5NO3/c1-2-3-4(12(20)21)18-11(19)5-6(13)8(15)10(17)9(16)7(5)14/h4H,2-3H2,1H3,(H,18,19)(H,20,21). The van der Waals surface area contributed by atoms with Crippen LogP contribution in [0.3, 0.4) is 0 Å². The number of hydrogen-bond acceptors (Lipinski definition) is 2. The van der Waals surface area contributed by atoms with Crippen molar-refractivity contribution in [3.8, 4) is 0 Å². The number of carbonyl (C=O) groups is 2. The maximum atomic E-state index is 13.4. The highest BCUT2D eigenvalue weighted by Crippen LogP contribution is 2.23. The number of aliphatic carboxylic acids is 1. The van der Waals surface area contributed by atoms with Crippen LogP contribution in [0.25, 0.3) is 0 Å². The lowest BCUT2D eigenvalue weighted by Gasteiger charge is -2.14. The number of hydrogen-bond donors (Lipinski definition) is 2. The third-order valence-electron chi connectivity index (χ3n) is 2.62. The van der Waals surface area contributed by atoms with Gasteiger partial charge in [0.25, 0.3) is 5.91 Å². The molecule has 1 aromatic carbocycles. The van der Waals surface area contributed by atoms with E-state index in [1.807, 2.05) is 0 Å². The van der Waals surface area contributed by atoms with Gasteiger partial charge in [-0.15, -0.1) is 0 Å². The van der Waals surface area contributed by atoms with Crippen molar-refractivity contribution in [3.05, 3.63) is 34.6 Å². The first kappa shape index (κ1) is 16.9. The Bertz CT molecular complexity index is 562. The molecule has 21 heavy (non-hydrogen) atoms. The summed E-state index contributed by atoms with van der Waals surface area (Å²) in [6, 6.07) is -1.50. The largest absolute Gasteiger partial charge is 0.480 e. The van der Waals surface area contributed by atoms with Gasteiger partial charge in [0.05, 0.1) is 0 Å². The molecule has 1 rings (SSSR count). The number of amides is 1. The summed E-state index contributed by atoms with van der Waals surface area (Å²) in [5.41, 5.74) is -1.71. The van der Waals surface area contributed by atoms with Crippen LogP contribution < -0.4 is 5.32 Å². The molecule has 0 saturated heterocycles. The summed E-state index contributed by atoms with van der Waals surface area (Å²) in [6.45, 7) is 1.58. The Balaban J connectivity index is 3.22. The SMILES string of the molecule is CCCC(NC(=O)c1c(F)c(F)c(F)c(F)c1F)C(=O)O. The second-order valence-corrected chi connectivity index (χ2v) is 4.10. The fourth-order valence-electron chi connectivity index (χ4n) is 1.58. The summed E-state index contributed by atoms with van der Waals surface area (Å²) in [6.07, 6.45) is 0.241. The highest BCUT2D eigenvalue weighted by Gasteiger charge is 2.31. The minimum absolute atomic E-state index is 0.0729. The zero-order valence-electron chi connectivity index (χ0n) is 10.6. The van der Waals surface area contributed by atoms with Gasteiger partial charge < -0.3 is 10.4 Å². The van der Waals surface area contributed by atoms with Crippen molar-refractivity contribution in [2.45, 2.75) is 25.8 Å². The van der Waals surface area contributed by atoms with Gasteiger partial charge in [0, 0.05) is 0 Å². The first-order chi connectivity index (χ1) is 9.72. The number of carboxylic acids is 1. The molecule has 0 aliphatic heterocycles. The van der Waals surface area contributed by atoms with Crippen LogP contribution in [-0.2, 0) is 4.79 Å². The molecule has 0 spiro atoms. The average molecular weight is 311 g/mol. The van der Waals surface area contributed by atoms with E-state index < -0.39 is 52.6 Å². The van der Waals surface area contributed by atoms with E-state index in [0.29, 0.717) is 6.42 Å². The lowest BCUT2D eigenvalue weighted by molar-refractivity contribution is -0.139. The Labute approximate surface area is 115 Å². The Morgan fingerprint density at radius 1 is 1.00 bits per heavy atom. The first-order valence-electron chi connectivity index (χ1n) is 5.77. The smallest absolute Gasteiger partial charge is 0.326 e. The van der Waals surface area contributed by atoms with Gasteiger partial charge in [-0.1, -0.05) is 13.3 Å². The molecular formula is C12H10F5NO3. The Kier molecular flexibility index (Phi) is 5.23. The maximum absolute atomic E-state index is 13.4. The number of carbonyl (C=O) groups excluding carboxylic acids is 1. The summed E-state index contributed by atoms with van der Waals surface area (Å²) in [7, 11) is 0. The summed E-state index contributed by atoms with van der Waals surface area (Å²) in [4.78, 5) is 22.4. The van der Waals surface area contributed by atoms with Crippen LogP contribution >= 0.6 is 0 Å². The van der Waals surface area contributed by atoms with Gasteiger partial charge in [-0.05, 0) is 6.42 Å². The lowest BCUT2D eigenvalue weighted by atomic mass is 10.1. The average Bonchev–Trinajstić information content (AvgIpc) is 2.42. The first-order valence-corrected chi connectivity index (χ1v) is 5.77. The molecule has 0 saturated carbocycles. The van der Waals surface area contributed by atoms with E-state index in [-0.39, 0.29) is 6.42 Å². The molecule has 2 N–H and O–H groups in total. The van der Waals surface area contributed by atoms with Crippen molar-refractivity contribution >= 4 is 11.9 Å². The molecule has 116 valence electrons. The van der Waals surface area contributed by atoms with Crippen molar-refractivity contribution in [1.29, 1.82) is 0 Å². The zero-order chi connectivity index (χ0) is 16.3. The molecule has 0 aliphatic carbocycles. The predicted molar refractivity (Wildman–Crippen MR) is 60.0 cm³/mol. The second kappa shape index (κ2) is 6.51. The van der Waals surface area contributed by atoms with Gasteiger partial charge in [0.15, 0.2) is 23.3 Å². The number of benzene rings is 1. The van der Waals surface area contributed by atoms with E-state index in [1.54, 1.807) is 12.2 Å². The molecule has 4 nitrogen and oxygen atoms in total. The number of halogens is 5. The highest BCUT2D eigenvalue weighted by molar-refractivity contribution is 5.97. The van der Waals surface area contributed by atoms with Gasteiger partial charge in [-0.3, -0.25) is 4.79 Å². The van der Waals surface area contributed by atoms with Crippen LogP contribution in [0.15, 0.2) is 0 Å². The molecule has 1 amide bonds. The van der Waals surface area contributed by atoms with Gasteiger partial charge in [0.2, 0.25) is 5.82 Å². The van der Waals surface area contributed by atoms with E-state index in [4.69, 9.17) is 5.11 Å². The fourth-order valence-corrected chi connectivity index (χ4v) is 1.58. The third-order valence-corrected chi connectivity index (χ3v) is 2.62. The third kappa shape index (κ3) is 3.29. The van der Waals surface area contributed by atoms with E-state index >= 15 is 0 Å². The van der Waals surface area contributed by atoms with Crippen LogP contribution in [-0.4, -0.2) is 23.0 Å². The van der Waals surface area contributed by atoms with Gasteiger partial charge >= 0.3 is 5.97 Å². The number of carboxylic acid groups (broad SMARTS) is 1. The molecule has 0 fully saturated rings. The molecule has 0 aliphatic rings. The van der Waals surface area contributed by atoms with Crippen LogP contribution in [0.4, 0.5) is 22.0 Å². The van der Waals surface area contributed by atoms with Gasteiger partial charge in [0.1, 0.15) is 11.6 Å². The molecule has 1 aromatic rings. The Morgan fingerprint density at radius 2 is 1.43 bits per heavy atom. The fraction of sp³-hybridized carbons (Fsp3) is 0.333. The van der Waals surface area contributed by atoms with Crippen molar-refractivity contribution in [2.75, 3.05) is 0 Å². The molecular weight excluding hydrogens is 301 g/mol. The molecule has 0 heterocycles. The predicted octanol–water partition coefficient (Wildman–Crippen LogP) is 2.37.